The van der Waals surface area contributed by atoms with Crippen molar-refractivity contribution in [1.29, 1.82) is 0 Å². The van der Waals surface area contributed by atoms with E-state index in [1.165, 1.54) is 5.56 Å². The zero-order chi connectivity index (χ0) is 21.5. The van der Waals surface area contributed by atoms with Crippen LogP contribution in [0.4, 0.5) is 0 Å². The first-order chi connectivity index (χ1) is 15.0. The zero-order valence-corrected chi connectivity index (χ0v) is 17.9. The van der Waals surface area contributed by atoms with E-state index in [1.807, 2.05) is 33.7 Å². The van der Waals surface area contributed by atoms with Crippen LogP contribution < -0.4 is 0 Å². The van der Waals surface area contributed by atoms with E-state index in [4.69, 9.17) is 0 Å². The molecule has 0 saturated heterocycles. The average molecular weight is 416 g/mol. The van der Waals surface area contributed by atoms with E-state index in [0.717, 1.165) is 22.8 Å². The molecule has 5 rings (SSSR count). The highest BCUT2D eigenvalue weighted by atomic mass is 16.2. The Morgan fingerprint density at radius 1 is 1.16 bits per heavy atom. The SMILES string of the molecule is CC(C)c1nnc2n1[C@@H](C)CN(C(=O)c1cnc3c(c1)ncn3Cc1ccccc1)C2. The number of carbonyl (C=O) groups is 1. The molecule has 0 N–H and O–H groups in total. The third-order valence-electron chi connectivity index (χ3n) is 5.75. The third kappa shape index (κ3) is 3.48. The molecule has 31 heavy (non-hydrogen) atoms. The van der Waals surface area contributed by atoms with E-state index >= 15 is 0 Å². The maximum absolute atomic E-state index is 13.2. The molecule has 4 aromatic rings. The summed E-state index contributed by atoms with van der Waals surface area (Å²) in [7, 11) is 0. The lowest BCUT2D eigenvalue weighted by Gasteiger charge is -2.33. The van der Waals surface area contributed by atoms with Crippen LogP contribution in [0.15, 0.2) is 48.9 Å². The highest BCUT2D eigenvalue weighted by Crippen LogP contribution is 2.26. The van der Waals surface area contributed by atoms with Gasteiger partial charge in [0.2, 0.25) is 0 Å². The number of hydrogen-bond donors (Lipinski definition) is 0. The Bertz CT molecular complexity index is 1240. The van der Waals surface area contributed by atoms with Crippen molar-refractivity contribution in [2.24, 2.45) is 0 Å². The van der Waals surface area contributed by atoms with Gasteiger partial charge in [0.25, 0.3) is 5.91 Å². The van der Waals surface area contributed by atoms with Crippen molar-refractivity contribution in [1.82, 2.24) is 34.2 Å². The second-order valence-corrected chi connectivity index (χ2v) is 8.46. The van der Waals surface area contributed by atoms with Gasteiger partial charge in [0, 0.05) is 18.7 Å². The maximum atomic E-state index is 13.2. The van der Waals surface area contributed by atoms with Gasteiger partial charge in [-0.3, -0.25) is 4.79 Å². The van der Waals surface area contributed by atoms with Gasteiger partial charge in [-0.1, -0.05) is 44.2 Å². The molecule has 0 radical (unpaired) electrons. The molecule has 0 fully saturated rings. The molecule has 0 unspecified atom stereocenters. The Labute approximate surface area is 180 Å². The van der Waals surface area contributed by atoms with Gasteiger partial charge in [-0.05, 0) is 18.6 Å². The Morgan fingerprint density at radius 3 is 2.74 bits per heavy atom. The molecular formula is C23H25N7O. The predicted octanol–water partition coefficient (Wildman–Crippen LogP) is 3.41. The van der Waals surface area contributed by atoms with Crippen LogP contribution >= 0.6 is 0 Å². The minimum atomic E-state index is -0.0563. The standard InChI is InChI=1S/C23H25N7O/c1-15(2)21-27-26-20-13-28(11-16(3)30(20)21)23(31)18-9-19-22(24-10-18)29(14-25-19)12-17-7-5-4-6-8-17/h4-10,14-16H,11-13H2,1-3H3/t16-/m0/s1. The number of amides is 1. The van der Waals surface area contributed by atoms with Crippen molar-refractivity contribution in [2.75, 3.05) is 6.54 Å². The molecule has 4 heterocycles. The van der Waals surface area contributed by atoms with E-state index in [2.05, 4.69) is 57.6 Å². The molecule has 8 nitrogen and oxygen atoms in total. The first-order valence-corrected chi connectivity index (χ1v) is 10.6. The topological polar surface area (TPSA) is 81.7 Å². The molecule has 158 valence electrons. The molecule has 1 aliphatic heterocycles. The molecule has 1 aliphatic rings. The number of rotatable bonds is 4. The number of fused-ring (bicyclic) bond motifs is 2. The lowest BCUT2D eigenvalue weighted by Crippen LogP contribution is -2.41. The Hall–Kier alpha value is -3.55. The van der Waals surface area contributed by atoms with E-state index in [-0.39, 0.29) is 11.9 Å². The minimum Gasteiger partial charge on any atom is -0.329 e. The number of pyridine rings is 1. The first-order valence-electron chi connectivity index (χ1n) is 10.6. The number of aromatic nitrogens is 6. The first kappa shape index (κ1) is 19.4. The van der Waals surface area contributed by atoms with Crippen LogP contribution in [0.5, 0.6) is 0 Å². The Morgan fingerprint density at radius 2 is 1.97 bits per heavy atom. The van der Waals surface area contributed by atoms with Crippen molar-refractivity contribution >= 4 is 17.1 Å². The molecule has 8 heteroatoms. The van der Waals surface area contributed by atoms with Gasteiger partial charge in [-0.15, -0.1) is 10.2 Å². The fraction of sp³-hybridized carbons (Fsp3) is 0.348. The number of imidazole rings is 1. The molecule has 0 bridgehead atoms. The summed E-state index contributed by atoms with van der Waals surface area (Å²) in [6.45, 7) is 8.08. The second-order valence-electron chi connectivity index (χ2n) is 8.46. The predicted molar refractivity (Wildman–Crippen MR) is 117 cm³/mol. The summed E-state index contributed by atoms with van der Waals surface area (Å²) in [5, 5.41) is 8.68. The Balaban J connectivity index is 1.39. The lowest BCUT2D eigenvalue weighted by molar-refractivity contribution is 0.0679. The quantitative estimate of drug-likeness (QED) is 0.510. The molecule has 3 aromatic heterocycles. The molecular weight excluding hydrogens is 390 g/mol. The van der Waals surface area contributed by atoms with Crippen molar-refractivity contribution in [3.8, 4) is 0 Å². The number of carbonyl (C=O) groups excluding carboxylic acids is 1. The summed E-state index contributed by atoms with van der Waals surface area (Å²) >= 11 is 0. The molecule has 1 aromatic carbocycles. The summed E-state index contributed by atoms with van der Waals surface area (Å²) in [6.07, 6.45) is 3.43. The summed E-state index contributed by atoms with van der Waals surface area (Å²) < 4.78 is 4.17. The van der Waals surface area contributed by atoms with Crippen molar-refractivity contribution < 1.29 is 4.79 Å². The molecule has 1 atom stereocenters. The van der Waals surface area contributed by atoms with Gasteiger partial charge >= 0.3 is 0 Å². The molecule has 0 spiro atoms. The molecule has 0 aliphatic carbocycles. The van der Waals surface area contributed by atoms with Gasteiger partial charge in [0.15, 0.2) is 11.5 Å². The van der Waals surface area contributed by atoms with Gasteiger partial charge in [-0.2, -0.15) is 0 Å². The van der Waals surface area contributed by atoms with E-state index in [1.54, 1.807) is 12.5 Å². The zero-order valence-electron chi connectivity index (χ0n) is 17.9. The van der Waals surface area contributed by atoms with E-state index in [9.17, 15) is 4.79 Å². The minimum absolute atomic E-state index is 0.0563. The van der Waals surface area contributed by atoms with Crippen molar-refractivity contribution in [3.63, 3.8) is 0 Å². The fourth-order valence-electron chi connectivity index (χ4n) is 4.25. The third-order valence-corrected chi connectivity index (χ3v) is 5.75. The van der Waals surface area contributed by atoms with Crippen LogP contribution in [0, 0.1) is 0 Å². The Kier molecular flexibility index (Phi) is 4.77. The van der Waals surface area contributed by atoms with Gasteiger partial charge < -0.3 is 14.0 Å². The van der Waals surface area contributed by atoms with Gasteiger partial charge in [0.1, 0.15) is 11.3 Å². The van der Waals surface area contributed by atoms with Gasteiger partial charge in [0.05, 0.1) is 31.0 Å². The highest BCUT2D eigenvalue weighted by molar-refractivity contribution is 5.96. The van der Waals surface area contributed by atoms with E-state index in [0.29, 0.717) is 31.1 Å². The van der Waals surface area contributed by atoms with Crippen LogP contribution in [-0.4, -0.2) is 46.7 Å². The fourth-order valence-corrected chi connectivity index (χ4v) is 4.25. The van der Waals surface area contributed by atoms with Crippen molar-refractivity contribution in [3.05, 3.63) is 71.7 Å². The van der Waals surface area contributed by atoms with Gasteiger partial charge in [-0.25, -0.2) is 9.97 Å². The van der Waals surface area contributed by atoms with Crippen LogP contribution in [0.2, 0.25) is 0 Å². The normalized spacial score (nSPS) is 16.1. The summed E-state index contributed by atoms with van der Waals surface area (Å²) in [5.41, 5.74) is 3.21. The van der Waals surface area contributed by atoms with Crippen LogP contribution in [-0.2, 0) is 13.1 Å². The number of benzene rings is 1. The maximum Gasteiger partial charge on any atom is 0.255 e. The van der Waals surface area contributed by atoms with Crippen LogP contribution in [0.1, 0.15) is 60.3 Å². The van der Waals surface area contributed by atoms with E-state index < -0.39 is 0 Å². The molecule has 0 saturated carbocycles. The lowest BCUT2D eigenvalue weighted by atomic mass is 10.1. The number of nitrogens with zero attached hydrogens (tertiary/aromatic N) is 7. The second kappa shape index (κ2) is 7.61. The smallest absolute Gasteiger partial charge is 0.255 e. The van der Waals surface area contributed by atoms with Crippen molar-refractivity contribution in [2.45, 2.75) is 45.8 Å². The van der Waals surface area contributed by atoms with Crippen LogP contribution in [0.3, 0.4) is 0 Å². The largest absolute Gasteiger partial charge is 0.329 e. The number of hydrogen-bond acceptors (Lipinski definition) is 5. The van der Waals surface area contributed by atoms with Crippen LogP contribution in [0.25, 0.3) is 11.2 Å². The summed E-state index contributed by atoms with van der Waals surface area (Å²) in [5.74, 6) is 2.04. The highest BCUT2D eigenvalue weighted by Gasteiger charge is 2.30. The molecule has 1 amide bonds. The summed E-state index contributed by atoms with van der Waals surface area (Å²) in [6, 6.07) is 12.1. The average Bonchev–Trinajstić information content (AvgIpc) is 3.38. The summed E-state index contributed by atoms with van der Waals surface area (Å²) in [4.78, 5) is 24.1. The monoisotopic (exact) mass is 415 g/mol.